The molecule has 1 amide bonds. The molecule has 1 N–H and O–H groups in total. The summed E-state index contributed by atoms with van der Waals surface area (Å²) in [5, 5.41) is 2.64. The molecule has 32 heavy (non-hydrogen) atoms. The van der Waals surface area contributed by atoms with Crippen molar-refractivity contribution in [1.29, 1.82) is 0 Å². The number of carbonyl (C=O) groups excluding carboxylic acids is 1. The zero-order chi connectivity index (χ0) is 22.3. The minimum Gasteiger partial charge on any atom is -0.489 e. The van der Waals surface area contributed by atoms with Gasteiger partial charge in [-0.15, -0.1) is 0 Å². The van der Waals surface area contributed by atoms with E-state index in [2.05, 4.69) is 17.4 Å². The van der Waals surface area contributed by atoms with Crippen LogP contribution >= 0.6 is 24.0 Å². The molecule has 1 saturated heterocycles. The molecule has 1 fully saturated rings. The highest BCUT2D eigenvalue weighted by Crippen LogP contribution is 2.34. The summed E-state index contributed by atoms with van der Waals surface area (Å²) >= 11 is 6.34. The molecule has 0 aromatic heterocycles. The number of carbonyl (C=O) groups is 1. The van der Waals surface area contributed by atoms with E-state index in [4.69, 9.17) is 21.7 Å². The minimum atomic E-state index is -0.177. The summed E-state index contributed by atoms with van der Waals surface area (Å²) < 4.78 is 12.9. The third kappa shape index (κ3) is 5.78. The first kappa shape index (κ1) is 22.1. The van der Waals surface area contributed by atoms with Crippen LogP contribution in [0.5, 0.6) is 11.5 Å². The first-order valence-corrected chi connectivity index (χ1v) is 11.6. The molecule has 0 bridgehead atoms. The van der Waals surface area contributed by atoms with Crippen LogP contribution in [0.25, 0.3) is 6.08 Å². The Morgan fingerprint density at radius 3 is 2.41 bits per heavy atom. The highest BCUT2D eigenvalue weighted by Gasteiger charge is 2.22. The molecule has 1 heterocycles. The molecular formula is C26H23NO3S2. The molecule has 0 radical (unpaired) electrons. The number of nitrogens with one attached hydrogen (secondary N) is 1. The summed E-state index contributed by atoms with van der Waals surface area (Å²) in [5.74, 6) is 1.13. The topological polar surface area (TPSA) is 47.6 Å². The van der Waals surface area contributed by atoms with Crippen LogP contribution in [0.1, 0.15) is 29.7 Å². The maximum atomic E-state index is 12.0. The monoisotopic (exact) mass is 461 g/mol. The Labute approximate surface area is 197 Å². The Kier molecular flexibility index (Phi) is 7.24. The van der Waals surface area contributed by atoms with Crippen molar-refractivity contribution in [2.45, 2.75) is 19.4 Å². The minimum absolute atomic E-state index is 0.160. The standard InChI is InChI=1S/C26H23NO3S2/c1-18(21-10-6-3-7-11-21)30-23-16-20(17-24-25(28)27-26(31)32-24)12-13-22(23)29-15-14-19-8-4-2-5-9-19/h2-13,16-18H,14-15H2,1H3,(H,27,28,31)/b24-17-. The third-order valence-electron chi connectivity index (χ3n) is 4.97. The molecule has 1 aliphatic heterocycles. The van der Waals surface area contributed by atoms with Crippen molar-refractivity contribution < 1.29 is 14.3 Å². The lowest BCUT2D eigenvalue weighted by Gasteiger charge is -2.19. The third-order valence-corrected chi connectivity index (χ3v) is 6.13. The molecule has 0 spiro atoms. The molecule has 0 aliphatic carbocycles. The predicted molar refractivity (Wildman–Crippen MR) is 134 cm³/mol. The SMILES string of the molecule is CC(Oc1cc(/C=C2\SC(=S)NC2=O)ccc1OCCc1ccccc1)c1ccccc1. The van der Waals surface area contributed by atoms with Crippen LogP contribution in [0, 0.1) is 0 Å². The summed E-state index contributed by atoms with van der Waals surface area (Å²) in [7, 11) is 0. The van der Waals surface area contributed by atoms with Gasteiger partial charge in [0.2, 0.25) is 0 Å². The van der Waals surface area contributed by atoms with Gasteiger partial charge in [0.1, 0.15) is 10.4 Å². The Morgan fingerprint density at radius 2 is 1.72 bits per heavy atom. The lowest BCUT2D eigenvalue weighted by molar-refractivity contribution is -0.115. The highest BCUT2D eigenvalue weighted by atomic mass is 32.2. The van der Waals surface area contributed by atoms with Crippen molar-refractivity contribution in [1.82, 2.24) is 5.32 Å². The average Bonchev–Trinajstić information content (AvgIpc) is 3.13. The molecule has 3 aromatic rings. The maximum absolute atomic E-state index is 12.0. The number of rotatable bonds is 8. The van der Waals surface area contributed by atoms with Crippen LogP contribution in [-0.4, -0.2) is 16.8 Å². The van der Waals surface area contributed by atoms with Crippen LogP contribution in [0.2, 0.25) is 0 Å². The highest BCUT2D eigenvalue weighted by molar-refractivity contribution is 8.26. The molecule has 0 saturated carbocycles. The van der Waals surface area contributed by atoms with Crippen molar-refractivity contribution in [3.05, 3.63) is 100 Å². The van der Waals surface area contributed by atoms with Crippen molar-refractivity contribution >= 4 is 40.3 Å². The van der Waals surface area contributed by atoms with Gasteiger partial charge in [0.25, 0.3) is 5.91 Å². The van der Waals surface area contributed by atoms with Crippen LogP contribution in [0.15, 0.2) is 83.8 Å². The molecule has 1 atom stereocenters. The van der Waals surface area contributed by atoms with Crippen LogP contribution in [0.4, 0.5) is 0 Å². The fraction of sp³-hybridized carbons (Fsp3) is 0.154. The van der Waals surface area contributed by atoms with Gasteiger partial charge in [-0.2, -0.15) is 0 Å². The van der Waals surface area contributed by atoms with Gasteiger partial charge in [-0.25, -0.2) is 0 Å². The van der Waals surface area contributed by atoms with Gasteiger partial charge in [-0.3, -0.25) is 4.79 Å². The molecule has 6 heteroatoms. The number of hydrogen-bond acceptors (Lipinski definition) is 5. The van der Waals surface area contributed by atoms with Gasteiger partial charge in [0.05, 0.1) is 11.5 Å². The Bertz CT molecular complexity index is 1130. The number of amides is 1. The smallest absolute Gasteiger partial charge is 0.263 e. The van der Waals surface area contributed by atoms with E-state index in [-0.39, 0.29) is 12.0 Å². The van der Waals surface area contributed by atoms with E-state index in [0.717, 1.165) is 17.5 Å². The van der Waals surface area contributed by atoms with Gasteiger partial charge in [0, 0.05) is 6.42 Å². The van der Waals surface area contributed by atoms with Crippen molar-refractivity contribution in [3.8, 4) is 11.5 Å². The number of benzene rings is 3. The van der Waals surface area contributed by atoms with E-state index in [1.165, 1.54) is 17.3 Å². The van der Waals surface area contributed by atoms with Gasteiger partial charge in [-0.1, -0.05) is 90.7 Å². The van der Waals surface area contributed by atoms with Gasteiger partial charge >= 0.3 is 0 Å². The van der Waals surface area contributed by atoms with Crippen molar-refractivity contribution in [2.24, 2.45) is 0 Å². The van der Waals surface area contributed by atoms with Crippen LogP contribution < -0.4 is 14.8 Å². The quantitative estimate of drug-likeness (QED) is 0.332. The van der Waals surface area contributed by atoms with E-state index in [1.54, 1.807) is 0 Å². The first-order chi connectivity index (χ1) is 15.6. The second-order valence-corrected chi connectivity index (χ2v) is 9.03. The fourth-order valence-electron chi connectivity index (χ4n) is 3.30. The van der Waals surface area contributed by atoms with E-state index >= 15 is 0 Å². The van der Waals surface area contributed by atoms with E-state index in [0.29, 0.717) is 27.3 Å². The Morgan fingerprint density at radius 1 is 1.00 bits per heavy atom. The van der Waals surface area contributed by atoms with Crippen molar-refractivity contribution in [2.75, 3.05) is 6.61 Å². The van der Waals surface area contributed by atoms with Gasteiger partial charge < -0.3 is 14.8 Å². The van der Waals surface area contributed by atoms with E-state index in [1.807, 2.05) is 79.7 Å². The summed E-state index contributed by atoms with van der Waals surface area (Å²) in [4.78, 5) is 12.6. The summed E-state index contributed by atoms with van der Waals surface area (Å²) in [5.41, 5.74) is 3.13. The van der Waals surface area contributed by atoms with Gasteiger partial charge in [-0.05, 0) is 41.8 Å². The maximum Gasteiger partial charge on any atom is 0.263 e. The molecule has 1 aliphatic rings. The largest absolute Gasteiger partial charge is 0.489 e. The van der Waals surface area contributed by atoms with Crippen LogP contribution in [-0.2, 0) is 11.2 Å². The lowest BCUT2D eigenvalue weighted by atomic mass is 10.1. The van der Waals surface area contributed by atoms with Gasteiger partial charge in [0.15, 0.2) is 11.5 Å². The normalized spacial score (nSPS) is 15.5. The second-order valence-electron chi connectivity index (χ2n) is 7.31. The molecule has 4 rings (SSSR count). The lowest BCUT2D eigenvalue weighted by Crippen LogP contribution is -2.17. The molecular weight excluding hydrogens is 438 g/mol. The molecule has 3 aromatic carbocycles. The molecule has 4 nitrogen and oxygen atoms in total. The summed E-state index contributed by atoms with van der Waals surface area (Å²) in [6, 6.07) is 26.0. The van der Waals surface area contributed by atoms with E-state index < -0.39 is 0 Å². The first-order valence-electron chi connectivity index (χ1n) is 10.4. The number of thiocarbonyl (C=S) groups is 1. The predicted octanol–water partition coefficient (Wildman–Crippen LogP) is 5.94. The number of hydrogen-bond donors (Lipinski definition) is 1. The van der Waals surface area contributed by atoms with E-state index in [9.17, 15) is 4.79 Å². The number of thioether (sulfide) groups is 1. The Balaban J connectivity index is 1.55. The summed E-state index contributed by atoms with van der Waals surface area (Å²) in [6.45, 7) is 2.54. The second kappa shape index (κ2) is 10.5. The molecule has 1 unspecified atom stereocenters. The zero-order valence-electron chi connectivity index (χ0n) is 17.6. The number of ether oxygens (including phenoxy) is 2. The summed E-state index contributed by atoms with van der Waals surface area (Å²) in [6.07, 6.45) is 2.45. The Hall–Kier alpha value is -3.09. The zero-order valence-corrected chi connectivity index (χ0v) is 19.2. The fourth-order valence-corrected chi connectivity index (χ4v) is 4.35. The average molecular weight is 462 g/mol. The molecule has 162 valence electrons. The van der Waals surface area contributed by atoms with Crippen LogP contribution in [0.3, 0.4) is 0 Å². The van der Waals surface area contributed by atoms with Crippen molar-refractivity contribution in [3.63, 3.8) is 0 Å².